The summed E-state index contributed by atoms with van der Waals surface area (Å²) in [6, 6.07) is 20.7. The van der Waals surface area contributed by atoms with E-state index in [0.717, 1.165) is 25.9 Å². The first-order chi connectivity index (χ1) is 12.2. The van der Waals surface area contributed by atoms with Crippen LogP contribution < -0.4 is 0 Å². The van der Waals surface area contributed by atoms with Crippen molar-refractivity contribution in [3.05, 3.63) is 71.8 Å². The fourth-order valence-electron chi connectivity index (χ4n) is 3.32. The Balaban J connectivity index is 1.63. The van der Waals surface area contributed by atoms with Crippen molar-refractivity contribution in [2.75, 3.05) is 19.6 Å². The van der Waals surface area contributed by atoms with Crippen molar-refractivity contribution in [1.29, 1.82) is 0 Å². The van der Waals surface area contributed by atoms with Crippen molar-refractivity contribution in [3.8, 4) is 0 Å². The lowest BCUT2D eigenvalue weighted by Crippen LogP contribution is -2.38. The topological polar surface area (TPSA) is 49.8 Å². The van der Waals surface area contributed by atoms with Crippen LogP contribution in [0.15, 0.2) is 60.7 Å². The molecule has 25 heavy (non-hydrogen) atoms. The average Bonchev–Trinajstić information content (AvgIpc) is 2.67. The molecule has 132 valence electrons. The SMILES string of the molecule is O=C(O)CCN1CCC(OC(c2ccccc2)c2ccccc2)CC1. The molecule has 1 N–H and O–H groups in total. The van der Waals surface area contributed by atoms with Gasteiger partial charge in [-0.3, -0.25) is 4.79 Å². The number of likely N-dealkylation sites (tertiary alicyclic amines) is 1. The second kappa shape index (κ2) is 8.79. The number of rotatable bonds is 7. The third-order valence-electron chi connectivity index (χ3n) is 4.71. The molecule has 1 aliphatic heterocycles. The second-order valence-corrected chi connectivity index (χ2v) is 6.52. The minimum Gasteiger partial charge on any atom is -0.481 e. The third-order valence-corrected chi connectivity index (χ3v) is 4.71. The maximum atomic E-state index is 10.7. The van der Waals surface area contributed by atoms with Crippen molar-refractivity contribution in [1.82, 2.24) is 4.90 Å². The molecule has 0 unspecified atom stereocenters. The molecule has 0 bridgehead atoms. The van der Waals surface area contributed by atoms with Crippen LogP contribution in [0.5, 0.6) is 0 Å². The van der Waals surface area contributed by atoms with Gasteiger partial charge in [0.25, 0.3) is 0 Å². The molecule has 0 amide bonds. The van der Waals surface area contributed by atoms with Gasteiger partial charge in [-0.15, -0.1) is 0 Å². The molecule has 0 saturated carbocycles. The van der Waals surface area contributed by atoms with Crippen LogP contribution in [0.3, 0.4) is 0 Å². The Bertz CT molecular complexity index is 612. The summed E-state index contributed by atoms with van der Waals surface area (Å²) in [5.74, 6) is -0.730. The molecule has 1 fully saturated rings. The molecule has 0 atom stereocenters. The fraction of sp³-hybridized carbons (Fsp3) is 0.381. The van der Waals surface area contributed by atoms with Gasteiger partial charge in [-0.2, -0.15) is 0 Å². The molecule has 4 nitrogen and oxygen atoms in total. The van der Waals surface area contributed by atoms with Crippen LogP contribution in [0.25, 0.3) is 0 Å². The van der Waals surface area contributed by atoms with Crippen LogP contribution in [-0.4, -0.2) is 41.7 Å². The highest BCUT2D eigenvalue weighted by Gasteiger charge is 2.24. The molecule has 0 aromatic heterocycles. The summed E-state index contributed by atoms with van der Waals surface area (Å²) < 4.78 is 6.49. The second-order valence-electron chi connectivity index (χ2n) is 6.52. The number of carboxylic acid groups (broad SMARTS) is 1. The lowest BCUT2D eigenvalue weighted by atomic mass is 10.00. The monoisotopic (exact) mass is 339 g/mol. The van der Waals surface area contributed by atoms with E-state index in [9.17, 15) is 4.79 Å². The zero-order chi connectivity index (χ0) is 17.5. The molecular weight excluding hydrogens is 314 g/mol. The van der Waals surface area contributed by atoms with E-state index in [4.69, 9.17) is 9.84 Å². The van der Waals surface area contributed by atoms with Gasteiger partial charge in [0.05, 0.1) is 12.5 Å². The van der Waals surface area contributed by atoms with Crippen LogP contribution in [-0.2, 0) is 9.53 Å². The molecule has 2 aromatic rings. The number of hydrogen-bond acceptors (Lipinski definition) is 3. The van der Waals surface area contributed by atoms with Crippen LogP contribution in [0.4, 0.5) is 0 Å². The van der Waals surface area contributed by atoms with E-state index in [1.807, 2.05) is 36.4 Å². The fourth-order valence-corrected chi connectivity index (χ4v) is 3.32. The van der Waals surface area contributed by atoms with Gasteiger partial charge in [-0.05, 0) is 24.0 Å². The Hall–Kier alpha value is -2.17. The van der Waals surface area contributed by atoms with Crippen molar-refractivity contribution in [2.45, 2.75) is 31.5 Å². The maximum absolute atomic E-state index is 10.7. The largest absolute Gasteiger partial charge is 0.481 e. The quantitative estimate of drug-likeness (QED) is 0.835. The minimum atomic E-state index is -0.730. The highest BCUT2D eigenvalue weighted by atomic mass is 16.5. The molecule has 0 radical (unpaired) electrons. The van der Waals surface area contributed by atoms with Crippen LogP contribution in [0.2, 0.25) is 0 Å². The molecule has 2 aromatic carbocycles. The number of carboxylic acids is 1. The predicted octanol–water partition coefficient (Wildman–Crippen LogP) is 3.73. The van der Waals surface area contributed by atoms with Crippen LogP contribution >= 0.6 is 0 Å². The molecule has 1 heterocycles. The number of benzene rings is 2. The van der Waals surface area contributed by atoms with Crippen molar-refractivity contribution in [2.24, 2.45) is 0 Å². The highest BCUT2D eigenvalue weighted by molar-refractivity contribution is 5.66. The van der Waals surface area contributed by atoms with Crippen molar-refractivity contribution >= 4 is 5.97 Å². The molecule has 4 heteroatoms. The highest BCUT2D eigenvalue weighted by Crippen LogP contribution is 2.29. The first-order valence-electron chi connectivity index (χ1n) is 8.92. The molecule has 1 aliphatic rings. The zero-order valence-electron chi connectivity index (χ0n) is 14.4. The summed E-state index contributed by atoms with van der Waals surface area (Å²) in [5.41, 5.74) is 2.34. The summed E-state index contributed by atoms with van der Waals surface area (Å²) in [6.07, 6.45) is 2.23. The van der Waals surface area contributed by atoms with Gasteiger partial charge in [0.1, 0.15) is 6.10 Å². The van der Waals surface area contributed by atoms with Crippen LogP contribution in [0.1, 0.15) is 36.5 Å². The third kappa shape index (κ3) is 5.15. The number of aliphatic carboxylic acids is 1. The Morgan fingerprint density at radius 1 is 1.00 bits per heavy atom. The lowest BCUT2D eigenvalue weighted by Gasteiger charge is -2.34. The summed E-state index contributed by atoms with van der Waals surface area (Å²) >= 11 is 0. The number of piperidine rings is 1. The van der Waals surface area contributed by atoms with Crippen LogP contribution in [0, 0.1) is 0 Å². The van der Waals surface area contributed by atoms with Crippen molar-refractivity contribution < 1.29 is 14.6 Å². The van der Waals surface area contributed by atoms with Gasteiger partial charge in [0, 0.05) is 19.6 Å². The lowest BCUT2D eigenvalue weighted by molar-refractivity contribution is -0.137. The molecule has 0 aliphatic carbocycles. The Morgan fingerprint density at radius 3 is 2.00 bits per heavy atom. The number of hydrogen-bond donors (Lipinski definition) is 1. The molecular formula is C21H25NO3. The number of ether oxygens (including phenoxy) is 1. The number of nitrogens with zero attached hydrogens (tertiary/aromatic N) is 1. The first-order valence-corrected chi connectivity index (χ1v) is 8.92. The molecule has 3 rings (SSSR count). The summed E-state index contributed by atoms with van der Waals surface area (Å²) in [5, 5.41) is 8.82. The van der Waals surface area contributed by atoms with E-state index >= 15 is 0 Å². The van der Waals surface area contributed by atoms with E-state index in [1.165, 1.54) is 11.1 Å². The normalized spacial score (nSPS) is 16.2. The Kier molecular flexibility index (Phi) is 6.20. The van der Waals surface area contributed by atoms with Gasteiger partial charge in [0.15, 0.2) is 0 Å². The van der Waals surface area contributed by atoms with E-state index < -0.39 is 5.97 Å². The van der Waals surface area contributed by atoms with E-state index in [1.54, 1.807) is 0 Å². The number of carbonyl (C=O) groups is 1. The van der Waals surface area contributed by atoms with Gasteiger partial charge in [0.2, 0.25) is 0 Å². The van der Waals surface area contributed by atoms with E-state index in [0.29, 0.717) is 6.54 Å². The van der Waals surface area contributed by atoms with Gasteiger partial charge in [-0.1, -0.05) is 60.7 Å². The predicted molar refractivity (Wildman–Crippen MR) is 97.5 cm³/mol. The van der Waals surface area contributed by atoms with Gasteiger partial charge in [-0.25, -0.2) is 0 Å². The maximum Gasteiger partial charge on any atom is 0.304 e. The Labute approximate surface area is 149 Å². The summed E-state index contributed by atoms with van der Waals surface area (Å²) in [7, 11) is 0. The summed E-state index contributed by atoms with van der Waals surface area (Å²) in [4.78, 5) is 12.9. The van der Waals surface area contributed by atoms with E-state index in [-0.39, 0.29) is 18.6 Å². The molecule has 0 spiro atoms. The van der Waals surface area contributed by atoms with Gasteiger partial charge >= 0.3 is 5.97 Å². The zero-order valence-corrected chi connectivity index (χ0v) is 14.4. The summed E-state index contributed by atoms with van der Waals surface area (Å²) in [6.45, 7) is 2.42. The Morgan fingerprint density at radius 2 is 1.52 bits per heavy atom. The smallest absolute Gasteiger partial charge is 0.304 e. The van der Waals surface area contributed by atoms with Crippen molar-refractivity contribution in [3.63, 3.8) is 0 Å². The van der Waals surface area contributed by atoms with Gasteiger partial charge < -0.3 is 14.7 Å². The first kappa shape index (κ1) is 17.6. The minimum absolute atomic E-state index is 0.0574. The van der Waals surface area contributed by atoms with E-state index in [2.05, 4.69) is 29.2 Å². The molecule has 1 saturated heterocycles. The average molecular weight is 339 g/mol. The standard InChI is InChI=1S/C21H25NO3/c23-20(24)13-16-22-14-11-19(12-15-22)25-21(17-7-3-1-4-8-17)18-9-5-2-6-10-18/h1-10,19,21H,11-16H2,(H,23,24).